The molecule has 118 valence electrons. The normalized spacial score (nSPS) is 18.6. The molecule has 0 saturated carbocycles. The highest BCUT2D eigenvalue weighted by molar-refractivity contribution is 5.94. The Labute approximate surface area is 129 Å². The predicted molar refractivity (Wildman–Crippen MR) is 79.2 cm³/mol. The molecule has 0 aromatic carbocycles. The summed E-state index contributed by atoms with van der Waals surface area (Å²) in [6.45, 7) is 5.44. The second-order valence-electron chi connectivity index (χ2n) is 5.50. The van der Waals surface area contributed by atoms with E-state index in [2.05, 4.69) is 15.2 Å². The molecule has 1 amide bonds. The van der Waals surface area contributed by atoms with E-state index in [9.17, 15) is 4.79 Å². The number of amides is 1. The summed E-state index contributed by atoms with van der Waals surface area (Å²) in [6.07, 6.45) is 7.07. The number of likely N-dealkylation sites (tertiary alicyclic amines) is 1. The molecule has 1 atom stereocenters. The zero-order chi connectivity index (χ0) is 15.5. The largest absolute Gasteiger partial charge is 0.337 e. The molecule has 0 bridgehead atoms. The molecule has 3 heterocycles. The maximum atomic E-state index is 12.8. The fraction of sp³-hybridized carbons (Fsp3) is 0.600. The van der Waals surface area contributed by atoms with Crippen LogP contribution in [0.3, 0.4) is 0 Å². The fourth-order valence-corrected chi connectivity index (χ4v) is 2.79. The summed E-state index contributed by atoms with van der Waals surface area (Å²) in [5, 5.41) is 8.14. The highest BCUT2D eigenvalue weighted by Gasteiger charge is 2.33. The van der Waals surface area contributed by atoms with Crippen LogP contribution in [0.4, 0.5) is 0 Å². The van der Waals surface area contributed by atoms with Crippen molar-refractivity contribution in [3.8, 4) is 0 Å². The Hall–Kier alpha value is -2.18. The predicted octanol–water partition coefficient (Wildman–Crippen LogP) is 2.22. The highest BCUT2D eigenvalue weighted by Crippen LogP contribution is 2.31. The Balaban J connectivity index is 1.83. The Morgan fingerprint density at radius 2 is 2.27 bits per heavy atom. The lowest BCUT2D eigenvalue weighted by Crippen LogP contribution is -2.38. The van der Waals surface area contributed by atoms with Crippen molar-refractivity contribution in [2.75, 3.05) is 6.54 Å². The van der Waals surface area contributed by atoms with Crippen LogP contribution in [0.2, 0.25) is 0 Å². The van der Waals surface area contributed by atoms with Gasteiger partial charge in [0.25, 0.3) is 5.91 Å². The lowest BCUT2D eigenvalue weighted by Gasteiger charge is -2.33. The Morgan fingerprint density at radius 3 is 2.95 bits per heavy atom. The second-order valence-corrected chi connectivity index (χ2v) is 5.50. The molecule has 2 aromatic heterocycles. The van der Waals surface area contributed by atoms with Gasteiger partial charge >= 0.3 is 0 Å². The van der Waals surface area contributed by atoms with Crippen LogP contribution in [0.1, 0.15) is 61.2 Å². The third-order valence-electron chi connectivity index (χ3n) is 4.05. The molecule has 7 nitrogen and oxygen atoms in total. The first-order valence-corrected chi connectivity index (χ1v) is 7.88. The van der Waals surface area contributed by atoms with Crippen molar-refractivity contribution in [1.82, 2.24) is 24.8 Å². The van der Waals surface area contributed by atoms with Crippen molar-refractivity contribution in [1.29, 1.82) is 0 Å². The van der Waals surface area contributed by atoms with Crippen molar-refractivity contribution in [2.45, 2.75) is 52.1 Å². The van der Waals surface area contributed by atoms with E-state index < -0.39 is 0 Å². The van der Waals surface area contributed by atoms with Crippen LogP contribution in [0.25, 0.3) is 0 Å². The number of rotatable bonds is 4. The molecule has 3 rings (SSSR count). The topological polar surface area (TPSA) is 77.0 Å². The van der Waals surface area contributed by atoms with Crippen molar-refractivity contribution >= 4 is 5.91 Å². The first-order chi connectivity index (χ1) is 10.7. The standard InChI is InChI=1S/C15H21N5O2/c1-3-13-17-14(22-18-13)12-7-5-6-8-20(12)15(21)11-9-16-19(4-2)10-11/h9-10,12H,3-8H2,1-2H3. The summed E-state index contributed by atoms with van der Waals surface area (Å²) in [4.78, 5) is 19.0. The number of carbonyl (C=O) groups is 1. The Bertz CT molecular complexity index is 648. The number of nitrogens with zero attached hydrogens (tertiary/aromatic N) is 5. The highest BCUT2D eigenvalue weighted by atomic mass is 16.5. The van der Waals surface area contributed by atoms with Gasteiger partial charge in [-0.1, -0.05) is 12.1 Å². The molecule has 1 fully saturated rings. The summed E-state index contributed by atoms with van der Waals surface area (Å²) in [5.41, 5.74) is 0.615. The maximum Gasteiger partial charge on any atom is 0.257 e. The minimum absolute atomic E-state index is 0.0133. The molecular weight excluding hydrogens is 282 g/mol. The number of hydrogen-bond acceptors (Lipinski definition) is 5. The molecule has 7 heteroatoms. The van der Waals surface area contributed by atoms with Gasteiger partial charge in [0, 0.05) is 25.7 Å². The van der Waals surface area contributed by atoms with E-state index in [-0.39, 0.29) is 11.9 Å². The smallest absolute Gasteiger partial charge is 0.257 e. The van der Waals surface area contributed by atoms with E-state index in [4.69, 9.17) is 4.52 Å². The Morgan fingerprint density at radius 1 is 1.41 bits per heavy atom. The molecule has 1 aliphatic heterocycles. The number of aryl methyl sites for hydroxylation is 2. The Kier molecular flexibility index (Phi) is 4.22. The zero-order valence-electron chi connectivity index (χ0n) is 13.0. The molecular formula is C15H21N5O2. The molecule has 22 heavy (non-hydrogen) atoms. The van der Waals surface area contributed by atoms with Crippen LogP contribution in [-0.2, 0) is 13.0 Å². The van der Waals surface area contributed by atoms with Gasteiger partial charge < -0.3 is 9.42 Å². The summed E-state index contributed by atoms with van der Waals surface area (Å²) in [5.74, 6) is 1.22. The lowest BCUT2D eigenvalue weighted by atomic mass is 10.0. The lowest BCUT2D eigenvalue weighted by molar-refractivity contribution is 0.0561. The van der Waals surface area contributed by atoms with E-state index >= 15 is 0 Å². The first-order valence-electron chi connectivity index (χ1n) is 7.88. The van der Waals surface area contributed by atoms with Crippen LogP contribution in [0, 0.1) is 0 Å². The first kappa shape index (κ1) is 14.7. The van der Waals surface area contributed by atoms with Gasteiger partial charge in [-0.3, -0.25) is 9.48 Å². The van der Waals surface area contributed by atoms with Crippen LogP contribution in [-0.4, -0.2) is 37.3 Å². The molecule has 1 aliphatic rings. The summed E-state index contributed by atoms with van der Waals surface area (Å²) in [7, 11) is 0. The molecule has 0 N–H and O–H groups in total. The van der Waals surface area contributed by atoms with Gasteiger partial charge in [-0.05, 0) is 26.2 Å². The monoisotopic (exact) mass is 303 g/mol. The van der Waals surface area contributed by atoms with Gasteiger partial charge in [0.15, 0.2) is 5.82 Å². The van der Waals surface area contributed by atoms with Crippen molar-refractivity contribution in [3.05, 3.63) is 29.7 Å². The fourth-order valence-electron chi connectivity index (χ4n) is 2.79. The molecule has 0 aliphatic carbocycles. The molecule has 0 spiro atoms. The number of aromatic nitrogens is 4. The summed E-state index contributed by atoms with van der Waals surface area (Å²) in [6, 6.07) is -0.126. The van der Waals surface area contributed by atoms with E-state index in [1.807, 2.05) is 18.7 Å². The van der Waals surface area contributed by atoms with Gasteiger partial charge in [0.2, 0.25) is 5.89 Å². The van der Waals surface area contributed by atoms with Crippen LogP contribution in [0.15, 0.2) is 16.9 Å². The number of hydrogen-bond donors (Lipinski definition) is 0. The SMILES string of the molecule is CCc1noc(C2CCCCN2C(=O)c2cnn(CC)c2)n1. The molecule has 2 aromatic rings. The third kappa shape index (κ3) is 2.75. The molecule has 1 unspecified atom stereocenters. The number of piperidine rings is 1. The average molecular weight is 303 g/mol. The van der Waals surface area contributed by atoms with E-state index in [0.717, 1.165) is 32.2 Å². The van der Waals surface area contributed by atoms with Crippen molar-refractivity contribution < 1.29 is 9.32 Å². The zero-order valence-corrected chi connectivity index (χ0v) is 13.0. The summed E-state index contributed by atoms with van der Waals surface area (Å²) >= 11 is 0. The van der Waals surface area contributed by atoms with Crippen LogP contribution >= 0.6 is 0 Å². The van der Waals surface area contributed by atoms with Gasteiger partial charge in [0.1, 0.15) is 6.04 Å². The summed E-state index contributed by atoms with van der Waals surface area (Å²) < 4.78 is 7.12. The van der Waals surface area contributed by atoms with Crippen molar-refractivity contribution in [2.24, 2.45) is 0 Å². The third-order valence-corrected chi connectivity index (χ3v) is 4.05. The van der Waals surface area contributed by atoms with Crippen LogP contribution in [0.5, 0.6) is 0 Å². The van der Waals surface area contributed by atoms with Gasteiger partial charge in [0.05, 0.1) is 11.8 Å². The van der Waals surface area contributed by atoms with Gasteiger partial charge in [-0.2, -0.15) is 10.1 Å². The quantitative estimate of drug-likeness (QED) is 0.865. The van der Waals surface area contributed by atoms with E-state index in [1.54, 1.807) is 17.1 Å². The minimum atomic E-state index is -0.126. The molecule has 0 radical (unpaired) electrons. The minimum Gasteiger partial charge on any atom is -0.337 e. The van der Waals surface area contributed by atoms with E-state index in [0.29, 0.717) is 23.8 Å². The molecule has 1 saturated heterocycles. The second kappa shape index (κ2) is 6.29. The van der Waals surface area contributed by atoms with Gasteiger partial charge in [-0.15, -0.1) is 0 Å². The van der Waals surface area contributed by atoms with Crippen LogP contribution < -0.4 is 0 Å². The number of carbonyl (C=O) groups excluding carboxylic acids is 1. The van der Waals surface area contributed by atoms with Crippen molar-refractivity contribution in [3.63, 3.8) is 0 Å². The average Bonchev–Trinajstić information content (AvgIpc) is 3.23. The van der Waals surface area contributed by atoms with Gasteiger partial charge in [-0.25, -0.2) is 0 Å². The maximum absolute atomic E-state index is 12.8. The van der Waals surface area contributed by atoms with E-state index in [1.165, 1.54) is 0 Å².